The fraction of sp³-hybridized carbons (Fsp3) is 0.0714. The first-order chi connectivity index (χ1) is 8.22. The second kappa shape index (κ2) is 5.00. The SMILES string of the molecule is Cc1c(N=C=S)cccc1-c1cccc(F)c1. The van der Waals surface area contributed by atoms with Gasteiger partial charge in [-0.05, 0) is 54.0 Å². The molecule has 0 aliphatic heterocycles. The molecule has 0 saturated carbocycles. The number of benzene rings is 2. The third-order valence-corrected chi connectivity index (χ3v) is 2.70. The quantitative estimate of drug-likeness (QED) is 0.557. The molecule has 0 aromatic heterocycles. The van der Waals surface area contributed by atoms with Gasteiger partial charge in [-0.3, -0.25) is 0 Å². The predicted molar refractivity (Wildman–Crippen MR) is 71.3 cm³/mol. The Kier molecular flexibility index (Phi) is 3.43. The number of hydrogen-bond acceptors (Lipinski definition) is 2. The van der Waals surface area contributed by atoms with Crippen LogP contribution in [0.15, 0.2) is 47.5 Å². The van der Waals surface area contributed by atoms with Crippen molar-refractivity contribution in [3.63, 3.8) is 0 Å². The van der Waals surface area contributed by atoms with Crippen molar-refractivity contribution in [3.8, 4) is 11.1 Å². The summed E-state index contributed by atoms with van der Waals surface area (Å²) in [6.07, 6.45) is 0. The topological polar surface area (TPSA) is 12.4 Å². The Morgan fingerprint density at radius 2 is 1.94 bits per heavy atom. The third kappa shape index (κ3) is 2.47. The zero-order valence-corrected chi connectivity index (χ0v) is 10.1. The summed E-state index contributed by atoms with van der Waals surface area (Å²) in [4.78, 5) is 3.99. The monoisotopic (exact) mass is 243 g/mol. The summed E-state index contributed by atoms with van der Waals surface area (Å²) in [6, 6.07) is 12.2. The molecule has 0 radical (unpaired) electrons. The van der Waals surface area contributed by atoms with E-state index in [1.165, 1.54) is 12.1 Å². The van der Waals surface area contributed by atoms with E-state index in [2.05, 4.69) is 22.4 Å². The molecule has 0 heterocycles. The first-order valence-corrected chi connectivity index (χ1v) is 5.56. The number of nitrogens with zero attached hydrogens (tertiary/aromatic N) is 1. The number of rotatable bonds is 2. The molecule has 0 unspecified atom stereocenters. The van der Waals surface area contributed by atoms with Gasteiger partial charge in [0.25, 0.3) is 0 Å². The molecule has 0 aliphatic carbocycles. The van der Waals surface area contributed by atoms with E-state index in [1.807, 2.05) is 31.2 Å². The van der Waals surface area contributed by atoms with E-state index in [1.54, 1.807) is 6.07 Å². The minimum Gasteiger partial charge on any atom is -0.207 e. The average molecular weight is 243 g/mol. The Morgan fingerprint density at radius 1 is 1.18 bits per heavy atom. The van der Waals surface area contributed by atoms with E-state index >= 15 is 0 Å². The minimum absolute atomic E-state index is 0.245. The van der Waals surface area contributed by atoms with Crippen molar-refractivity contribution in [2.75, 3.05) is 0 Å². The molecule has 0 aliphatic rings. The van der Waals surface area contributed by atoms with Crippen LogP contribution < -0.4 is 0 Å². The van der Waals surface area contributed by atoms with E-state index in [4.69, 9.17) is 0 Å². The normalized spacial score (nSPS) is 9.76. The van der Waals surface area contributed by atoms with Gasteiger partial charge in [0.2, 0.25) is 0 Å². The van der Waals surface area contributed by atoms with Gasteiger partial charge in [-0.1, -0.05) is 24.3 Å². The molecule has 0 bridgehead atoms. The average Bonchev–Trinajstić information content (AvgIpc) is 2.32. The van der Waals surface area contributed by atoms with Crippen LogP contribution in [-0.4, -0.2) is 5.16 Å². The molecule has 0 saturated heterocycles. The van der Waals surface area contributed by atoms with Crippen LogP contribution in [0.3, 0.4) is 0 Å². The van der Waals surface area contributed by atoms with Crippen molar-refractivity contribution in [2.45, 2.75) is 6.92 Å². The van der Waals surface area contributed by atoms with Gasteiger partial charge in [-0.15, -0.1) is 0 Å². The second-order valence-corrected chi connectivity index (χ2v) is 3.85. The summed E-state index contributed by atoms with van der Waals surface area (Å²) in [7, 11) is 0. The van der Waals surface area contributed by atoms with E-state index in [-0.39, 0.29) is 5.82 Å². The Labute approximate surface area is 105 Å². The Hall–Kier alpha value is -1.83. The van der Waals surface area contributed by atoms with Crippen molar-refractivity contribution in [3.05, 3.63) is 53.8 Å². The lowest BCUT2D eigenvalue weighted by atomic mass is 9.99. The number of hydrogen-bond donors (Lipinski definition) is 0. The summed E-state index contributed by atoms with van der Waals surface area (Å²) in [5.41, 5.74) is 3.53. The van der Waals surface area contributed by atoms with E-state index in [9.17, 15) is 4.39 Å². The number of halogens is 1. The molecule has 2 aromatic carbocycles. The highest BCUT2D eigenvalue weighted by molar-refractivity contribution is 7.78. The molecular formula is C14H10FNS. The molecule has 0 amide bonds. The zero-order chi connectivity index (χ0) is 12.3. The highest BCUT2D eigenvalue weighted by atomic mass is 32.1. The summed E-state index contributed by atoms with van der Waals surface area (Å²) in [6.45, 7) is 1.94. The summed E-state index contributed by atoms with van der Waals surface area (Å²) >= 11 is 4.60. The highest BCUT2D eigenvalue weighted by Crippen LogP contribution is 2.30. The predicted octanol–water partition coefficient (Wildman–Crippen LogP) is 4.54. The molecule has 0 atom stereocenters. The number of aliphatic imine (C=N–C) groups is 1. The molecule has 2 aromatic rings. The van der Waals surface area contributed by atoms with E-state index in [0.29, 0.717) is 0 Å². The van der Waals surface area contributed by atoms with Gasteiger partial charge in [0.1, 0.15) is 5.82 Å². The van der Waals surface area contributed by atoms with Crippen LogP contribution in [0.5, 0.6) is 0 Å². The molecule has 17 heavy (non-hydrogen) atoms. The maximum atomic E-state index is 13.2. The second-order valence-electron chi connectivity index (χ2n) is 3.66. The molecule has 2 rings (SSSR count). The largest absolute Gasteiger partial charge is 0.207 e. The van der Waals surface area contributed by atoms with Gasteiger partial charge in [0.15, 0.2) is 0 Å². The number of isothiocyanates is 1. The molecule has 84 valence electrons. The van der Waals surface area contributed by atoms with Gasteiger partial charge in [-0.2, -0.15) is 4.99 Å². The van der Waals surface area contributed by atoms with Crippen molar-refractivity contribution < 1.29 is 4.39 Å². The maximum Gasteiger partial charge on any atom is 0.123 e. The lowest BCUT2D eigenvalue weighted by molar-refractivity contribution is 0.628. The van der Waals surface area contributed by atoms with E-state index in [0.717, 1.165) is 22.4 Å². The van der Waals surface area contributed by atoms with Crippen LogP contribution >= 0.6 is 12.2 Å². The molecule has 0 fully saturated rings. The first-order valence-electron chi connectivity index (χ1n) is 5.16. The Morgan fingerprint density at radius 3 is 2.65 bits per heavy atom. The van der Waals surface area contributed by atoms with Gasteiger partial charge < -0.3 is 0 Å². The first kappa shape index (κ1) is 11.6. The lowest BCUT2D eigenvalue weighted by Gasteiger charge is -2.07. The van der Waals surface area contributed by atoms with Crippen LogP contribution in [0.2, 0.25) is 0 Å². The van der Waals surface area contributed by atoms with Gasteiger partial charge in [-0.25, -0.2) is 4.39 Å². The Balaban J connectivity index is 2.60. The van der Waals surface area contributed by atoms with Gasteiger partial charge >= 0.3 is 0 Å². The highest BCUT2D eigenvalue weighted by Gasteiger charge is 2.05. The van der Waals surface area contributed by atoms with Crippen molar-refractivity contribution >= 4 is 23.1 Å². The van der Waals surface area contributed by atoms with Gasteiger partial charge in [0, 0.05) is 0 Å². The van der Waals surface area contributed by atoms with Crippen LogP contribution in [0.1, 0.15) is 5.56 Å². The molecular weight excluding hydrogens is 233 g/mol. The summed E-state index contributed by atoms with van der Waals surface area (Å²) in [5.74, 6) is -0.245. The van der Waals surface area contributed by atoms with Gasteiger partial charge in [0.05, 0.1) is 10.8 Å². The van der Waals surface area contributed by atoms with Crippen molar-refractivity contribution in [2.24, 2.45) is 4.99 Å². The summed E-state index contributed by atoms with van der Waals surface area (Å²) in [5, 5.41) is 2.35. The fourth-order valence-electron chi connectivity index (χ4n) is 1.76. The zero-order valence-electron chi connectivity index (χ0n) is 9.27. The fourth-order valence-corrected chi connectivity index (χ4v) is 1.86. The molecule has 0 N–H and O–H groups in total. The van der Waals surface area contributed by atoms with Crippen molar-refractivity contribution in [1.82, 2.24) is 0 Å². The molecule has 3 heteroatoms. The Bertz CT molecular complexity index is 601. The van der Waals surface area contributed by atoms with Crippen molar-refractivity contribution in [1.29, 1.82) is 0 Å². The lowest BCUT2D eigenvalue weighted by Crippen LogP contribution is -1.85. The molecule has 0 spiro atoms. The maximum absolute atomic E-state index is 13.2. The van der Waals surface area contributed by atoms with Crippen LogP contribution in [-0.2, 0) is 0 Å². The van der Waals surface area contributed by atoms with E-state index < -0.39 is 0 Å². The minimum atomic E-state index is -0.245. The summed E-state index contributed by atoms with van der Waals surface area (Å²) < 4.78 is 13.2. The standard InChI is InChI=1S/C14H10FNS/c1-10-13(6-3-7-14(10)16-9-17)11-4-2-5-12(15)8-11/h2-8H,1H3. The number of thiocarbonyl (C=S) groups is 1. The third-order valence-electron chi connectivity index (χ3n) is 2.61. The van der Waals surface area contributed by atoms with Crippen LogP contribution in [0.4, 0.5) is 10.1 Å². The van der Waals surface area contributed by atoms with Crippen LogP contribution in [0.25, 0.3) is 11.1 Å². The molecule has 1 nitrogen and oxygen atoms in total. The smallest absolute Gasteiger partial charge is 0.123 e. The van der Waals surface area contributed by atoms with Crippen LogP contribution in [0, 0.1) is 12.7 Å².